The molecular weight excluding hydrogens is 240 g/mol. The summed E-state index contributed by atoms with van der Waals surface area (Å²) in [5.41, 5.74) is 0. The summed E-state index contributed by atoms with van der Waals surface area (Å²) < 4.78 is 0. The van der Waals surface area contributed by atoms with Gasteiger partial charge in [0.15, 0.2) is 0 Å². The van der Waals surface area contributed by atoms with Crippen LogP contribution in [0.5, 0.6) is 0 Å². The van der Waals surface area contributed by atoms with Gasteiger partial charge in [-0.1, -0.05) is 13.0 Å². The van der Waals surface area contributed by atoms with E-state index in [0.29, 0.717) is 6.04 Å². The van der Waals surface area contributed by atoms with Gasteiger partial charge >= 0.3 is 0 Å². The lowest BCUT2D eigenvalue weighted by atomic mass is 10.1. The van der Waals surface area contributed by atoms with E-state index in [1.807, 2.05) is 11.3 Å². The third-order valence-corrected chi connectivity index (χ3v) is 4.38. The van der Waals surface area contributed by atoms with E-state index in [9.17, 15) is 0 Å². The highest BCUT2D eigenvalue weighted by molar-refractivity contribution is 7.09. The molecule has 0 aromatic carbocycles. The first-order chi connectivity index (χ1) is 8.74. The van der Waals surface area contributed by atoms with E-state index < -0.39 is 0 Å². The smallest absolute Gasteiger partial charge is 0.00644 e. The second kappa shape index (κ2) is 9.54. The van der Waals surface area contributed by atoms with Crippen LogP contribution in [0, 0.1) is 0 Å². The summed E-state index contributed by atoms with van der Waals surface area (Å²) in [7, 11) is 2.25. The molecule has 2 nitrogen and oxygen atoms in total. The van der Waals surface area contributed by atoms with Gasteiger partial charge in [0.1, 0.15) is 0 Å². The maximum Gasteiger partial charge on any atom is 0.00644 e. The van der Waals surface area contributed by atoms with Gasteiger partial charge in [-0.3, -0.25) is 0 Å². The van der Waals surface area contributed by atoms with Gasteiger partial charge in [0, 0.05) is 17.5 Å². The predicted octanol–water partition coefficient (Wildman–Crippen LogP) is 3.39. The summed E-state index contributed by atoms with van der Waals surface area (Å²) in [5, 5.41) is 5.63. The van der Waals surface area contributed by atoms with Crippen LogP contribution in [0.4, 0.5) is 0 Å². The molecule has 18 heavy (non-hydrogen) atoms. The summed E-state index contributed by atoms with van der Waals surface area (Å²) in [6.45, 7) is 8.05. The highest BCUT2D eigenvalue weighted by Crippen LogP contribution is 2.11. The Kier molecular flexibility index (Phi) is 8.31. The van der Waals surface area contributed by atoms with E-state index in [-0.39, 0.29) is 0 Å². The molecule has 1 unspecified atom stereocenters. The second-order valence-corrected chi connectivity index (χ2v) is 6.08. The van der Waals surface area contributed by atoms with Crippen molar-refractivity contribution in [1.29, 1.82) is 0 Å². The Morgan fingerprint density at radius 2 is 2.22 bits per heavy atom. The van der Waals surface area contributed by atoms with Gasteiger partial charge in [-0.25, -0.2) is 0 Å². The van der Waals surface area contributed by atoms with E-state index in [0.717, 1.165) is 13.1 Å². The van der Waals surface area contributed by atoms with Crippen LogP contribution in [0.2, 0.25) is 0 Å². The van der Waals surface area contributed by atoms with Crippen molar-refractivity contribution >= 4 is 11.3 Å². The maximum atomic E-state index is 3.47. The lowest BCUT2D eigenvalue weighted by Gasteiger charge is -2.24. The number of thiophene rings is 1. The van der Waals surface area contributed by atoms with Crippen LogP contribution in [-0.4, -0.2) is 37.6 Å². The van der Waals surface area contributed by atoms with Crippen molar-refractivity contribution in [3.63, 3.8) is 0 Å². The van der Waals surface area contributed by atoms with Crippen LogP contribution in [0.15, 0.2) is 17.5 Å². The molecule has 0 saturated heterocycles. The zero-order valence-electron chi connectivity index (χ0n) is 12.1. The Hall–Kier alpha value is -0.380. The average Bonchev–Trinajstić information content (AvgIpc) is 2.88. The Bertz CT molecular complexity index is 285. The van der Waals surface area contributed by atoms with Crippen LogP contribution in [-0.2, 0) is 6.42 Å². The number of hydrogen-bond acceptors (Lipinski definition) is 3. The Balaban J connectivity index is 2.07. The van der Waals surface area contributed by atoms with Crippen molar-refractivity contribution in [3.05, 3.63) is 22.4 Å². The summed E-state index contributed by atoms with van der Waals surface area (Å²) in [6.07, 6.45) is 4.99. The molecule has 0 fully saturated rings. The minimum atomic E-state index is 0.688. The molecule has 3 heteroatoms. The fourth-order valence-electron chi connectivity index (χ4n) is 2.01. The van der Waals surface area contributed by atoms with Gasteiger partial charge in [0.25, 0.3) is 0 Å². The van der Waals surface area contributed by atoms with Crippen LogP contribution >= 0.6 is 11.3 Å². The molecule has 1 heterocycles. The van der Waals surface area contributed by atoms with Gasteiger partial charge < -0.3 is 10.2 Å². The van der Waals surface area contributed by atoms with Crippen LogP contribution in [0.25, 0.3) is 0 Å². The standard InChI is InChI=1S/C15H28N2S/c1-4-10-16-11-5-7-14(2)17(3)12-9-15-8-6-13-18-15/h6,8,13-14,16H,4-5,7,9-12H2,1-3H3. The van der Waals surface area contributed by atoms with Gasteiger partial charge in [0.2, 0.25) is 0 Å². The van der Waals surface area contributed by atoms with Crippen molar-refractivity contribution in [2.45, 2.75) is 45.6 Å². The minimum Gasteiger partial charge on any atom is -0.317 e. The SMILES string of the molecule is CCCNCCCC(C)N(C)CCc1cccs1. The molecular formula is C15H28N2S. The van der Waals surface area contributed by atoms with Crippen LogP contribution in [0.3, 0.4) is 0 Å². The van der Waals surface area contributed by atoms with E-state index in [2.05, 4.69) is 48.6 Å². The minimum absolute atomic E-state index is 0.688. The molecule has 0 aliphatic carbocycles. The Labute approximate surface area is 116 Å². The lowest BCUT2D eigenvalue weighted by molar-refractivity contribution is 0.245. The zero-order chi connectivity index (χ0) is 13.2. The number of nitrogens with zero attached hydrogens (tertiary/aromatic N) is 1. The molecule has 0 radical (unpaired) electrons. The van der Waals surface area contributed by atoms with Gasteiger partial charge in [0.05, 0.1) is 0 Å². The quantitative estimate of drug-likeness (QED) is 0.654. The predicted molar refractivity (Wildman–Crippen MR) is 82.5 cm³/mol. The Morgan fingerprint density at radius 1 is 1.39 bits per heavy atom. The van der Waals surface area contributed by atoms with Gasteiger partial charge in [-0.2, -0.15) is 0 Å². The highest BCUT2D eigenvalue weighted by atomic mass is 32.1. The summed E-state index contributed by atoms with van der Waals surface area (Å²) in [6, 6.07) is 5.06. The molecule has 1 aromatic rings. The monoisotopic (exact) mass is 268 g/mol. The summed E-state index contributed by atoms with van der Waals surface area (Å²) in [5.74, 6) is 0. The highest BCUT2D eigenvalue weighted by Gasteiger charge is 2.08. The molecule has 0 saturated carbocycles. The van der Waals surface area contributed by atoms with E-state index in [1.165, 1.54) is 37.1 Å². The molecule has 1 atom stereocenters. The first kappa shape index (κ1) is 15.7. The van der Waals surface area contributed by atoms with Crippen LogP contribution in [0.1, 0.15) is 38.0 Å². The molecule has 1 N–H and O–H groups in total. The molecule has 0 aliphatic heterocycles. The molecule has 1 aromatic heterocycles. The van der Waals surface area contributed by atoms with E-state index in [1.54, 1.807) is 0 Å². The zero-order valence-corrected chi connectivity index (χ0v) is 12.9. The normalized spacial score (nSPS) is 13.1. The molecule has 104 valence electrons. The fourth-order valence-corrected chi connectivity index (χ4v) is 2.70. The molecule has 0 spiro atoms. The first-order valence-electron chi connectivity index (χ1n) is 7.17. The number of rotatable bonds is 10. The molecule has 0 amide bonds. The molecule has 0 aliphatic rings. The first-order valence-corrected chi connectivity index (χ1v) is 8.05. The van der Waals surface area contributed by atoms with E-state index >= 15 is 0 Å². The van der Waals surface area contributed by atoms with Crippen molar-refractivity contribution in [3.8, 4) is 0 Å². The number of likely N-dealkylation sites (N-methyl/N-ethyl adjacent to an activating group) is 1. The summed E-state index contributed by atoms with van der Waals surface area (Å²) in [4.78, 5) is 3.98. The van der Waals surface area contributed by atoms with Gasteiger partial charge in [-0.05, 0) is 64.2 Å². The average molecular weight is 268 g/mol. The topological polar surface area (TPSA) is 15.3 Å². The lowest BCUT2D eigenvalue weighted by Crippen LogP contribution is -2.31. The molecule has 1 rings (SSSR count). The van der Waals surface area contributed by atoms with Crippen LogP contribution < -0.4 is 5.32 Å². The third kappa shape index (κ3) is 6.53. The van der Waals surface area contributed by atoms with Crippen molar-refractivity contribution in [2.75, 3.05) is 26.7 Å². The van der Waals surface area contributed by atoms with Crippen molar-refractivity contribution in [1.82, 2.24) is 10.2 Å². The third-order valence-electron chi connectivity index (χ3n) is 3.45. The number of hydrogen-bond donors (Lipinski definition) is 1. The fraction of sp³-hybridized carbons (Fsp3) is 0.733. The van der Waals surface area contributed by atoms with E-state index in [4.69, 9.17) is 0 Å². The number of nitrogens with one attached hydrogen (secondary N) is 1. The van der Waals surface area contributed by atoms with Crippen molar-refractivity contribution in [2.24, 2.45) is 0 Å². The molecule has 0 bridgehead atoms. The van der Waals surface area contributed by atoms with Gasteiger partial charge in [-0.15, -0.1) is 11.3 Å². The second-order valence-electron chi connectivity index (χ2n) is 5.05. The van der Waals surface area contributed by atoms with Crippen molar-refractivity contribution < 1.29 is 0 Å². The summed E-state index contributed by atoms with van der Waals surface area (Å²) >= 11 is 1.87. The maximum absolute atomic E-state index is 3.47. The Morgan fingerprint density at radius 3 is 2.89 bits per heavy atom. The largest absolute Gasteiger partial charge is 0.317 e.